The lowest BCUT2D eigenvalue weighted by atomic mass is 9.88. The molecule has 42 heavy (non-hydrogen) atoms. The SMILES string of the molecule is COc1ccc(CC2c3cc(OC)c(OC)cc3CCN2CCNC(=O)Nc2cc(C)nc3ccccc23)cc1OC. The van der Waals surface area contributed by atoms with E-state index in [0.717, 1.165) is 53.0 Å². The minimum atomic E-state index is -0.244. The van der Waals surface area contributed by atoms with Gasteiger partial charge in [-0.1, -0.05) is 24.3 Å². The maximum absolute atomic E-state index is 12.9. The first-order chi connectivity index (χ1) is 20.4. The van der Waals surface area contributed by atoms with Crippen LogP contribution in [0.25, 0.3) is 10.9 Å². The van der Waals surface area contributed by atoms with Crippen molar-refractivity contribution in [3.63, 3.8) is 0 Å². The average molecular weight is 571 g/mol. The minimum Gasteiger partial charge on any atom is -0.493 e. The van der Waals surface area contributed by atoms with Crippen molar-refractivity contribution in [1.82, 2.24) is 15.2 Å². The van der Waals surface area contributed by atoms with Crippen LogP contribution in [-0.2, 0) is 12.8 Å². The van der Waals surface area contributed by atoms with E-state index in [1.54, 1.807) is 28.4 Å². The summed E-state index contributed by atoms with van der Waals surface area (Å²) in [6.45, 7) is 3.93. The predicted molar refractivity (Wildman–Crippen MR) is 164 cm³/mol. The van der Waals surface area contributed by atoms with Gasteiger partial charge in [-0.15, -0.1) is 0 Å². The molecular weight excluding hydrogens is 532 g/mol. The van der Waals surface area contributed by atoms with E-state index in [1.807, 2.05) is 49.4 Å². The molecule has 3 aromatic carbocycles. The molecule has 9 nitrogen and oxygen atoms in total. The lowest BCUT2D eigenvalue weighted by Crippen LogP contribution is -2.42. The van der Waals surface area contributed by atoms with E-state index in [1.165, 1.54) is 11.1 Å². The van der Waals surface area contributed by atoms with Crippen LogP contribution >= 0.6 is 0 Å². The summed E-state index contributed by atoms with van der Waals surface area (Å²) in [4.78, 5) is 19.9. The lowest BCUT2D eigenvalue weighted by molar-refractivity contribution is 0.183. The molecule has 0 fully saturated rings. The maximum atomic E-state index is 12.9. The third kappa shape index (κ3) is 6.21. The van der Waals surface area contributed by atoms with Gasteiger partial charge >= 0.3 is 6.03 Å². The number of anilines is 1. The Bertz CT molecular complexity index is 1570. The Morgan fingerprint density at radius 3 is 2.38 bits per heavy atom. The molecule has 0 saturated heterocycles. The number of carbonyl (C=O) groups is 1. The summed E-state index contributed by atoms with van der Waals surface area (Å²) in [5.74, 6) is 2.82. The minimum absolute atomic E-state index is 0.0586. The molecule has 0 aliphatic carbocycles. The maximum Gasteiger partial charge on any atom is 0.319 e. The first kappa shape index (κ1) is 29.0. The van der Waals surface area contributed by atoms with Gasteiger partial charge in [0.2, 0.25) is 0 Å². The second-order valence-corrected chi connectivity index (χ2v) is 10.3. The summed E-state index contributed by atoms with van der Waals surface area (Å²) in [6.07, 6.45) is 1.61. The van der Waals surface area contributed by atoms with Crippen molar-refractivity contribution in [3.05, 3.63) is 83.0 Å². The number of aromatic nitrogens is 1. The number of nitrogens with zero attached hydrogens (tertiary/aromatic N) is 2. The number of ether oxygens (including phenoxy) is 4. The van der Waals surface area contributed by atoms with Crippen molar-refractivity contribution in [3.8, 4) is 23.0 Å². The average Bonchev–Trinajstić information content (AvgIpc) is 3.01. The number of hydrogen-bond acceptors (Lipinski definition) is 7. The number of urea groups is 1. The Labute approximate surface area is 246 Å². The highest BCUT2D eigenvalue weighted by atomic mass is 16.5. The van der Waals surface area contributed by atoms with Gasteiger partial charge in [-0.25, -0.2) is 4.79 Å². The zero-order valence-electron chi connectivity index (χ0n) is 24.8. The smallest absolute Gasteiger partial charge is 0.319 e. The van der Waals surface area contributed by atoms with E-state index >= 15 is 0 Å². The van der Waals surface area contributed by atoms with Crippen molar-refractivity contribution in [2.24, 2.45) is 0 Å². The topological polar surface area (TPSA) is 94.2 Å². The Kier molecular flexibility index (Phi) is 8.97. The molecule has 1 aliphatic heterocycles. The fourth-order valence-corrected chi connectivity index (χ4v) is 5.71. The Hall–Kier alpha value is -4.50. The second-order valence-electron chi connectivity index (χ2n) is 10.3. The molecule has 5 rings (SSSR count). The third-order valence-corrected chi connectivity index (χ3v) is 7.77. The van der Waals surface area contributed by atoms with Crippen LogP contribution in [0.2, 0.25) is 0 Å². The Balaban J connectivity index is 1.34. The summed E-state index contributed by atoms with van der Waals surface area (Å²) in [6, 6.07) is 19.7. The number of hydrogen-bond donors (Lipinski definition) is 2. The monoisotopic (exact) mass is 570 g/mol. The standard InChI is InChI=1S/C33H38N4O5/c1-21-16-27(24-8-6-7-9-26(24)35-21)36-33(38)34-13-15-37-14-12-23-19-31(41-4)32(42-5)20-25(23)28(37)17-22-10-11-29(39-2)30(18-22)40-3/h6-11,16,18-20,28H,12-15,17H2,1-5H3,(H2,34,35,36,38). The van der Waals surface area contributed by atoms with Crippen molar-refractivity contribution >= 4 is 22.6 Å². The number of rotatable bonds is 10. The summed E-state index contributed by atoms with van der Waals surface area (Å²) in [7, 11) is 6.60. The molecule has 1 aromatic heterocycles. The van der Waals surface area contributed by atoms with E-state index in [4.69, 9.17) is 18.9 Å². The molecular formula is C33H38N4O5. The molecule has 0 saturated carbocycles. The highest BCUT2D eigenvalue weighted by molar-refractivity contribution is 6.00. The van der Waals surface area contributed by atoms with Crippen LogP contribution in [-0.4, -0.2) is 64.0 Å². The zero-order valence-corrected chi connectivity index (χ0v) is 24.8. The number of carbonyl (C=O) groups excluding carboxylic acids is 1. The van der Waals surface area contributed by atoms with Gasteiger partial charge in [-0.05, 0) is 72.9 Å². The van der Waals surface area contributed by atoms with Crippen LogP contribution in [0.5, 0.6) is 23.0 Å². The number of para-hydroxylation sites is 1. The van der Waals surface area contributed by atoms with E-state index in [9.17, 15) is 4.79 Å². The van der Waals surface area contributed by atoms with Gasteiger partial charge in [-0.3, -0.25) is 9.88 Å². The quantitative estimate of drug-likeness (QED) is 0.259. The number of benzene rings is 3. The first-order valence-electron chi connectivity index (χ1n) is 14.0. The molecule has 1 aliphatic rings. The second kappa shape index (κ2) is 13.0. The van der Waals surface area contributed by atoms with Crippen molar-refractivity contribution in [1.29, 1.82) is 0 Å². The predicted octanol–water partition coefficient (Wildman–Crippen LogP) is 5.54. The zero-order chi connectivity index (χ0) is 29.6. The Morgan fingerprint density at radius 1 is 0.905 bits per heavy atom. The van der Waals surface area contributed by atoms with Crippen LogP contribution in [0.3, 0.4) is 0 Å². The fraction of sp³-hybridized carbons (Fsp3) is 0.333. The van der Waals surface area contributed by atoms with Gasteiger partial charge in [0.15, 0.2) is 23.0 Å². The summed E-state index contributed by atoms with van der Waals surface area (Å²) < 4.78 is 22.3. The number of amides is 2. The van der Waals surface area contributed by atoms with Crippen LogP contribution in [0.1, 0.15) is 28.4 Å². The molecule has 2 heterocycles. The van der Waals surface area contributed by atoms with Gasteiger partial charge in [0.25, 0.3) is 0 Å². The molecule has 0 spiro atoms. The van der Waals surface area contributed by atoms with E-state index in [0.29, 0.717) is 30.3 Å². The number of pyridine rings is 1. The highest BCUT2D eigenvalue weighted by Gasteiger charge is 2.29. The molecule has 220 valence electrons. The lowest BCUT2D eigenvalue weighted by Gasteiger charge is -2.38. The van der Waals surface area contributed by atoms with E-state index in [-0.39, 0.29) is 12.1 Å². The van der Waals surface area contributed by atoms with Gasteiger partial charge in [-0.2, -0.15) is 0 Å². The van der Waals surface area contributed by atoms with Crippen molar-refractivity contribution in [2.75, 3.05) is 53.4 Å². The number of nitrogens with one attached hydrogen (secondary N) is 2. The number of methoxy groups -OCH3 is 4. The molecule has 1 atom stereocenters. The van der Waals surface area contributed by atoms with Gasteiger partial charge in [0, 0.05) is 36.8 Å². The van der Waals surface area contributed by atoms with Gasteiger partial charge < -0.3 is 29.6 Å². The first-order valence-corrected chi connectivity index (χ1v) is 14.0. The van der Waals surface area contributed by atoms with E-state index < -0.39 is 0 Å². The third-order valence-electron chi connectivity index (χ3n) is 7.77. The molecule has 2 N–H and O–H groups in total. The normalized spacial score (nSPS) is 14.6. The van der Waals surface area contributed by atoms with Crippen LogP contribution in [0.4, 0.5) is 10.5 Å². The Morgan fingerprint density at radius 2 is 1.62 bits per heavy atom. The van der Waals surface area contributed by atoms with Crippen molar-refractivity contribution in [2.45, 2.75) is 25.8 Å². The highest BCUT2D eigenvalue weighted by Crippen LogP contribution is 2.40. The van der Waals surface area contributed by atoms with Gasteiger partial charge in [0.05, 0.1) is 39.6 Å². The molecule has 1 unspecified atom stereocenters. The molecule has 4 aromatic rings. The van der Waals surface area contributed by atoms with Crippen LogP contribution < -0.4 is 29.6 Å². The van der Waals surface area contributed by atoms with Crippen LogP contribution in [0.15, 0.2) is 60.7 Å². The fourth-order valence-electron chi connectivity index (χ4n) is 5.71. The molecule has 2 amide bonds. The summed E-state index contributed by atoms with van der Waals surface area (Å²) in [5, 5.41) is 6.98. The van der Waals surface area contributed by atoms with Crippen LogP contribution in [0, 0.1) is 6.92 Å². The summed E-state index contributed by atoms with van der Waals surface area (Å²) >= 11 is 0. The molecule has 0 radical (unpaired) electrons. The van der Waals surface area contributed by atoms with Gasteiger partial charge in [0.1, 0.15) is 0 Å². The van der Waals surface area contributed by atoms with Crippen molar-refractivity contribution < 1.29 is 23.7 Å². The molecule has 0 bridgehead atoms. The number of fused-ring (bicyclic) bond motifs is 2. The molecule has 9 heteroatoms. The number of aryl methyl sites for hydroxylation is 1. The van der Waals surface area contributed by atoms with E-state index in [2.05, 4.69) is 38.7 Å². The summed E-state index contributed by atoms with van der Waals surface area (Å²) in [5.41, 5.74) is 5.99. The largest absolute Gasteiger partial charge is 0.493 e.